The first-order valence-corrected chi connectivity index (χ1v) is 16.0. The SMILES string of the molecule is [2H]c1c([2H])c([2H])c(N(c2ccc(-c3cccc4cccc(-c5ccccc5)c34)cc2)c2cccc(-n3c4ccccc4c4ccccc43)c2)c([2H])c1[2H]. The monoisotopic (exact) mass is 617 g/mol. The van der Waals surface area contributed by atoms with E-state index in [4.69, 9.17) is 6.85 Å². The average molecular weight is 618 g/mol. The summed E-state index contributed by atoms with van der Waals surface area (Å²) in [5.74, 6) is 0. The highest BCUT2D eigenvalue weighted by atomic mass is 15.1. The Bertz CT molecular complexity index is 2760. The lowest BCUT2D eigenvalue weighted by molar-refractivity contribution is 1.17. The number of para-hydroxylation sites is 3. The van der Waals surface area contributed by atoms with Gasteiger partial charge in [-0.25, -0.2) is 0 Å². The van der Waals surface area contributed by atoms with E-state index in [1.807, 2.05) is 78.9 Å². The van der Waals surface area contributed by atoms with Crippen LogP contribution in [0.2, 0.25) is 0 Å². The first-order valence-electron chi connectivity index (χ1n) is 18.5. The third-order valence-electron chi connectivity index (χ3n) is 9.06. The zero-order valence-corrected chi connectivity index (χ0v) is 26.0. The van der Waals surface area contributed by atoms with E-state index in [9.17, 15) is 0 Å². The van der Waals surface area contributed by atoms with Gasteiger partial charge in [0.1, 0.15) is 0 Å². The molecule has 8 aromatic carbocycles. The number of hydrogen-bond acceptors (Lipinski definition) is 1. The second kappa shape index (κ2) is 11.8. The molecule has 0 atom stereocenters. The highest BCUT2D eigenvalue weighted by Gasteiger charge is 2.17. The first-order chi connectivity index (χ1) is 25.9. The Morgan fingerprint density at radius 2 is 1.02 bits per heavy atom. The highest BCUT2D eigenvalue weighted by molar-refractivity contribution is 6.09. The molecule has 0 saturated carbocycles. The van der Waals surface area contributed by atoms with Crippen molar-refractivity contribution in [2.75, 3.05) is 4.90 Å². The fraction of sp³-hybridized carbons (Fsp3) is 0. The van der Waals surface area contributed by atoms with Gasteiger partial charge in [-0.15, -0.1) is 0 Å². The molecule has 0 fully saturated rings. The molecule has 226 valence electrons. The highest BCUT2D eigenvalue weighted by Crippen LogP contribution is 2.40. The third-order valence-corrected chi connectivity index (χ3v) is 9.06. The zero-order chi connectivity index (χ0) is 36.2. The maximum Gasteiger partial charge on any atom is 0.0645 e. The zero-order valence-electron chi connectivity index (χ0n) is 31.0. The van der Waals surface area contributed by atoms with Crippen molar-refractivity contribution in [3.8, 4) is 27.9 Å². The number of fused-ring (bicyclic) bond motifs is 4. The maximum atomic E-state index is 9.03. The summed E-state index contributed by atoms with van der Waals surface area (Å²) in [6.45, 7) is 0. The van der Waals surface area contributed by atoms with Gasteiger partial charge in [0.05, 0.1) is 17.9 Å². The van der Waals surface area contributed by atoms with Crippen LogP contribution in [0.25, 0.3) is 60.5 Å². The molecule has 0 aliphatic carbocycles. The number of nitrogens with zero attached hydrogens (tertiary/aromatic N) is 2. The molecule has 0 saturated heterocycles. The van der Waals surface area contributed by atoms with E-state index < -0.39 is 6.04 Å². The second-order valence-electron chi connectivity index (χ2n) is 11.8. The van der Waals surface area contributed by atoms with Crippen LogP contribution in [0.15, 0.2) is 194 Å². The van der Waals surface area contributed by atoms with E-state index >= 15 is 0 Å². The molecule has 1 heterocycles. The maximum absolute atomic E-state index is 9.03. The summed E-state index contributed by atoms with van der Waals surface area (Å²) in [6.07, 6.45) is 0. The third kappa shape index (κ3) is 4.74. The van der Waals surface area contributed by atoms with Crippen LogP contribution in [0.1, 0.15) is 6.85 Å². The molecule has 0 bridgehead atoms. The summed E-state index contributed by atoms with van der Waals surface area (Å²) in [7, 11) is 0. The van der Waals surface area contributed by atoms with Crippen molar-refractivity contribution in [2.24, 2.45) is 0 Å². The Kier molecular flexibility index (Phi) is 5.64. The van der Waals surface area contributed by atoms with Gasteiger partial charge >= 0.3 is 0 Å². The first kappa shape index (κ1) is 23.0. The quantitative estimate of drug-likeness (QED) is 0.180. The summed E-state index contributed by atoms with van der Waals surface area (Å²) >= 11 is 0. The number of rotatable bonds is 6. The number of hydrogen-bond donors (Lipinski definition) is 0. The Hall–Kier alpha value is -6.38. The van der Waals surface area contributed by atoms with Gasteiger partial charge in [0.2, 0.25) is 0 Å². The molecule has 0 radical (unpaired) electrons. The molecule has 1 aromatic heterocycles. The minimum Gasteiger partial charge on any atom is -0.310 e. The molecular formula is C46H32N2. The van der Waals surface area contributed by atoms with Crippen molar-refractivity contribution in [2.45, 2.75) is 0 Å². The minimum absolute atomic E-state index is 0.0830. The predicted molar refractivity (Wildman–Crippen MR) is 204 cm³/mol. The van der Waals surface area contributed by atoms with Crippen LogP contribution in [0, 0.1) is 0 Å². The van der Waals surface area contributed by atoms with Crippen LogP contribution in [0.4, 0.5) is 17.1 Å². The van der Waals surface area contributed by atoms with Gasteiger partial charge in [0.25, 0.3) is 0 Å². The second-order valence-corrected chi connectivity index (χ2v) is 11.8. The number of aromatic nitrogens is 1. The van der Waals surface area contributed by atoms with Gasteiger partial charge in [-0.05, 0) is 87.6 Å². The van der Waals surface area contributed by atoms with E-state index in [0.717, 1.165) is 60.5 Å². The van der Waals surface area contributed by atoms with Gasteiger partial charge in [0.15, 0.2) is 0 Å². The summed E-state index contributed by atoms with van der Waals surface area (Å²) in [5.41, 5.74) is 8.76. The molecule has 0 aliphatic heterocycles. The fourth-order valence-electron chi connectivity index (χ4n) is 6.96. The Morgan fingerprint density at radius 3 is 1.69 bits per heavy atom. The molecule has 48 heavy (non-hydrogen) atoms. The van der Waals surface area contributed by atoms with Crippen molar-refractivity contribution in [3.63, 3.8) is 0 Å². The molecule has 0 spiro atoms. The van der Waals surface area contributed by atoms with Crippen LogP contribution in [-0.4, -0.2) is 4.57 Å². The topological polar surface area (TPSA) is 8.17 Å². The summed E-state index contributed by atoms with van der Waals surface area (Å²) in [4.78, 5) is 1.78. The number of benzene rings is 8. The molecule has 0 N–H and O–H groups in total. The van der Waals surface area contributed by atoms with Gasteiger partial charge < -0.3 is 9.47 Å². The van der Waals surface area contributed by atoms with Crippen LogP contribution < -0.4 is 4.90 Å². The van der Waals surface area contributed by atoms with Crippen molar-refractivity contribution in [3.05, 3.63) is 194 Å². The van der Waals surface area contributed by atoms with Gasteiger partial charge in [-0.2, -0.15) is 0 Å². The fourth-order valence-corrected chi connectivity index (χ4v) is 6.96. The molecular weight excluding hydrogens is 581 g/mol. The lowest BCUT2D eigenvalue weighted by Gasteiger charge is -2.26. The molecule has 9 rings (SSSR count). The van der Waals surface area contributed by atoms with Gasteiger partial charge in [-0.1, -0.05) is 139 Å². The summed E-state index contributed by atoms with van der Waals surface area (Å²) in [6, 6.07) is 53.9. The van der Waals surface area contributed by atoms with E-state index in [-0.39, 0.29) is 29.9 Å². The molecule has 2 heteroatoms. The summed E-state index contributed by atoms with van der Waals surface area (Å²) in [5, 5.41) is 4.55. The van der Waals surface area contributed by atoms with E-state index in [1.54, 1.807) is 4.90 Å². The van der Waals surface area contributed by atoms with Crippen molar-refractivity contribution in [1.29, 1.82) is 0 Å². The normalized spacial score (nSPS) is 12.8. The Balaban J connectivity index is 1.24. The van der Waals surface area contributed by atoms with E-state index in [0.29, 0.717) is 11.4 Å². The lowest BCUT2D eigenvalue weighted by Crippen LogP contribution is -2.10. The van der Waals surface area contributed by atoms with E-state index in [1.165, 1.54) is 0 Å². The molecule has 2 nitrogen and oxygen atoms in total. The van der Waals surface area contributed by atoms with Crippen molar-refractivity contribution in [1.82, 2.24) is 4.57 Å². The van der Waals surface area contributed by atoms with Crippen LogP contribution >= 0.6 is 0 Å². The standard InChI is InChI=1S/C46H32N2/c1-3-14-33(15-4-1)40-24-11-16-35-17-12-25-41(46(35)40)34-28-30-37(31-29-34)47(36-18-5-2-6-19-36)38-20-13-21-39(32-38)48-44-26-9-7-22-42(44)43-23-8-10-27-45(43)48/h1-32H/i2D,5D,6D,18D,19D. The van der Waals surface area contributed by atoms with E-state index in [2.05, 4.69) is 89.5 Å². The molecule has 9 aromatic rings. The largest absolute Gasteiger partial charge is 0.310 e. The lowest BCUT2D eigenvalue weighted by atomic mass is 9.91. The summed E-state index contributed by atoms with van der Waals surface area (Å²) < 4.78 is 45.7. The minimum atomic E-state index is -0.428. The van der Waals surface area contributed by atoms with Gasteiger partial charge in [-0.3, -0.25) is 0 Å². The average Bonchev–Trinajstić information content (AvgIpc) is 3.55. The smallest absolute Gasteiger partial charge is 0.0645 e. The van der Waals surface area contributed by atoms with Crippen molar-refractivity contribution >= 4 is 49.6 Å². The van der Waals surface area contributed by atoms with Crippen LogP contribution in [-0.2, 0) is 0 Å². The van der Waals surface area contributed by atoms with Gasteiger partial charge in [0, 0.05) is 33.5 Å². The Morgan fingerprint density at radius 1 is 0.438 bits per heavy atom. The number of anilines is 3. The predicted octanol–water partition coefficient (Wildman–Crippen LogP) is 12.7. The van der Waals surface area contributed by atoms with Crippen LogP contribution in [0.3, 0.4) is 0 Å². The molecule has 0 aliphatic rings. The van der Waals surface area contributed by atoms with Crippen molar-refractivity contribution < 1.29 is 6.85 Å². The molecule has 0 amide bonds. The Labute approximate surface area is 287 Å². The van der Waals surface area contributed by atoms with Crippen LogP contribution in [0.5, 0.6) is 0 Å². The molecule has 0 unspecified atom stereocenters.